The molecule has 1 aromatic carbocycles. The fourth-order valence-electron chi connectivity index (χ4n) is 3.03. The molecule has 1 aliphatic rings. The average molecular weight is 293 g/mol. The minimum Gasteiger partial charge on any atom is -0.306 e. The van der Waals surface area contributed by atoms with Gasteiger partial charge >= 0.3 is 0 Å². The Kier molecular flexibility index (Phi) is 3.35. The molecule has 0 aliphatic carbocycles. The normalized spacial score (nSPS) is 17.1. The molecule has 2 aromatic heterocycles. The third-order valence-electron chi connectivity index (χ3n) is 4.41. The zero-order chi connectivity index (χ0) is 14.9. The second kappa shape index (κ2) is 5.50. The highest BCUT2D eigenvalue weighted by molar-refractivity contribution is 5.76. The number of likely N-dealkylation sites (tertiary alicyclic amines) is 1. The molecule has 0 atom stereocenters. The van der Waals surface area contributed by atoms with Gasteiger partial charge in [0, 0.05) is 11.8 Å². The molecule has 3 aromatic rings. The lowest BCUT2D eigenvalue weighted by Gasteiger charge is -2.28. The quantitative estimate of drug-likeness (QED) is 0.729. The van der Waals surface area contributed by atoms with Crippen molar-refractivity contribution in [1.82, 2.24) is 24.6 Å². The van der Waals surface area contributed by atoms with Crippen molar-refractivity contribution in [1.29, 1.82) is 0 Å². The monoisotopic (exact) mass is 293 g/mol. The van der Waals surface area contributed by atoms with E-state index in [4.69, 9.17) is 4.98 Å². The maximum absolute atomic E-state index is 4.69. The summed E-state index contributed by atoms with van der Waals surface area (Å²) in [5, 5.41) is 4.55. The lowest BCUT2D eigenvalue weighted by Crippen LogP contribution is -2.31. The summed E-state index contributed by atoms with van der Waals surface area (Å²) in [6, 6.07) is 8.44. The molecule has 0 radical (unpaired) electrons. The van der Waals surface area contributed by atoms with Crippen LogP contribution >= 0.6 is 0 Å². The number of nitrogens with zero attached hydrogens (tertiary/aromatic N) is 5. The van der Waals surface area contributed by atoms with Gasteiger partial charge in [-0.25, -0.2) is 4.98 Å². The second-order valence-corrected chi connectivity index (χ2v) is 5.99. The molecule has 0 bridgehead atoms. The van der Waals surface area contributed by atoms with Gasteiger partial charge in [-0.15, -0.1) is 0 Å². The van der Waals surface area contributed by atoms with E-state index in [0.29, 0.717) is 6.04 Å². The fraction of sp³-hybridized carbons (Fsp3) is 0.353. The van der Waals surface area contributed by atoms with E-state index >= 15 is 0 Å². The molecule has 0 saturated carbocycles. The molecule has 1 aliphatic heterocycles. The second-order valence-electron chi connectivity index (χ2n) is 5.99. The third kappa shape index (κ3) is 2.48. The zero-order valence-corrected chi connectivity index (χ0v) is 12.7. The molecule has 5 nitrogen and oxygen atoms in total. The minimum absolute atomic E-state index is 0.498. The topological polar surface area (TPSA) is 46.8 Å². The molecule has 0 N–H and O–H groups in total. The van der Waals surface area contributed by atoms with Crippen LogP contribution in [0.15, 0.2) is 42.9 Å². The number of fused-ring (bicyclic) bond motifs is 1. The van der Waals surface area contributed by atoms with Gasteiger partial charge in [-0.05, 0) is 45.1 Å². The van der Waals surface area contributed by atoms with Gasteiger partial charge in [0.25, 0.3) is 0 Å². The molecular formula is C17H19N5. The Labute approximate surface area is 129 Å². The van der Waals surface area contributed by atoms with Crippen LogP contribution in [-0.2, 0) is 0 Å². The first kappa shape index (κ1) is 13.4. The number of aromatic nitrogens is 4. The average Bonchev–Trinajstić information content (AvgIpc) is 3.05. The predicted octanol–water partition coefficient (Wildman–Crippen LogP) is 2.76. The SMILES string of the molecule is CN1CCC(n2cc(-c3cnc4ccccc4n3)cn2)CC1. The van der Waals surface area contributed by atoms with Crippen LogP contribution in [0.5, 0.6) is 0 Å². The van der Waals surface area contributed by atoms with E-state index in [1.165, 1.54) is 0 Å². The van der Waals surface area contributed by atoms with Crippen LogP contribution in [0.1, 0.15) is 18.9 Å². The maximum atomic E-state index is 4.69. The van der Waals surface area contributed by atoms with Crippen molar-refractivity contribution in [3.05, 3.63) is 42.9 Å². The molecular weight excluding hydrogens is 274 g/mol. The largest absolute Gasteiger partial charge is 0.306 e. The van der Waals surface area contributed by atoms with E-state index in [9.17, 15) is 0 Å². The Bertz CT molecular complexity index is 786. The van der Waals surface area contributed by atoms with E-state index in [0.717, 1.165) is 48.2 Å². The molecule has 1 saturated heterocycles. The Morgan fingerprint density at radius 2 is 1.82 bits per heavy atom. The summed E-state index contributed by atoms with van der Waals surface area (Å²) in [7, 11) is 2.18. The maximum Gasteiger partial charge on any atom is 0.0924 e. The number of para-hydroxylation sites is 2. The van der Waals surface area contributed by atoms with Gasteiger partial charge in [-0.1, -0.05) is 12.1 Å². The lowest BCUT2D eigenvalue weighted by molar-refractivity contribution is 0.212. The highest BCUT2D eigenvalue weighted by atomic mass is 15.3. The van der Waals surface area contributed by atoms with Gasteiger partial charge in [0.15, 0.2) is 0 Å². The Hall–Kier alpha value is -2.27. The summed E-state index contributed by atoms with van der Waals surface area (Å²) in [5.41, 5.74) is 3.77. The molecule has 22 heavy (non-hydrogen) atoms. The summed E-state index contributed by atoms with van der Waals surface area (Å²) in [5.74, 6) is 0. The fourth-order valence-corrected chi connectivity index (χ4v) is 3.03. The van der Waals surface area contributed by atoms with Crippen LogP contribution in [0.25, 0.3) is 22.3 Å². The minimum atomic E-state index is 0.498. The molecule has 0 spiro atoms. The van der Waals surface area contributed by atoms with Crippen molar-refractivity contribution in [3.8, 4) is 11.3 Å². The molecule has 112 valence electrons. The summed E-state index contributed by atoms with van der Waals surface area (Å²) in [6.07, 6.45) is 8.15. The highest BCUT2D eigenvalue weighted by Crippen LogP contribution is 2.24. The van der Waals surface area contributed by atoms with Crippen LogP contribution in [0.2, 0.25) is 0 Å². The van der Waals surface area contributed by atoms with Gasteiger partial charge < -0.3 is 4.90 Å². The van der Waals surface area contributed by atoms with E-state index in [2.05, 4.69) is 32.9 Å². The van der Waals surface area contributed by atoms with Gasteiger partial charge in [0.2, 0.25) is 0 Å². The zero-order valence-electron chi connectivity index (χ0n) is 12.7. The molecule has 5 heteroatoms. The number of hydrogen-bond acceptors (Lipinski definition) is 4. The first-order valence-corrected chi connectivity index (χ1v) is 7.74. The van der Waals surface area contributed by atoms with Crippen LogP contribution in [0, 0.1) is 0 Å². The van der Waals surface area contributed by atoms with Gasteiger partial charge in [-0.2, -0.15) is 5.10 Å². The van der Waals surface area contributed by atoms with Gasteiger partial charge in [0.1, 0.15) is 0 Å². The van der Waals surface area contributed by atoms with Crippen LogP contribution in [0.4, 0.5) is 0 Å². The van der Waals surface area contributed by atoms with E-state index in [-0.39, 0.29) is 0 Å². The van der Waals surface area contributed by atoms with E-state index < -0.39 is 0 Å². The number of hydrogen-bond donors (Lipinski definition) is 0. The lowest BCUT2D eigenvalue weighted by atomic mass is 10.1. The summed E-state index contributed by atoms with van der Waals surface area (Å²) in [6.45, 7) is 2.27. The molecule has 1 fully saturated rings. The van der Waals surface area contributed by atoms with Crippen LogP contribution < -0.4 is 0 Å². The summed E-state index contributed by atoms with van der Waals surface area (Å²) in [4.78, 5) is 11.5. The van der Waals surface area contributed by atoms with Crippen molar-refractivity contribution < 1.29 is 0 Å². The molecule has 3 heterocycles. The van der Waals surface area contributed by atoms with Crippen molar-refractivity contribution in [3.63, 3.8) is 0 Å². The van der Waals surface area contributed by atoms with Crippen molar-refractivity contribution in [2.75, 3.05) is 20.1 Å². The van der Waals surface area contributed by atoms with Crippen LogP contribution in [0.3, 0.4) is 0 Å². The summed E-state index contributed by atoms with van der Waals surface area (Å²) >= 11 is 0. The van der Waals surface area contributed by atoms with Crippen LogP contribution in [-0.4, -0.2) is 44.8 Å². The molecule has 0 amide bonds. The highest BCUT2D eigenvalue weighted by Gasteiger charge is 2.19. The van der Waals surface area contributed by atoms with Gasteiger partial charge in [-0.3, -0.25) is 9.67 Å². The predicted molar refractivity (Wildman–Crippen MR) is 86.5 cm³/mol. The third-order valence-corrected chi connectivity index (χ3v) is 4.41. The smallest absolute Gasteiger partial charge is 0.0924 e. The van der Waals surface area contributed by atoms with E-state index in [1.54, 1.807) is 0 Å². The first-order valence-electron chi connectivity index (χ1n) is 7.74. The number of benzene rings is 1. The Balaban J connectivity index is 1.62. The summed E-state index contributed by atoms with van der Waals surface area (Å²) < 4.78 is 2.10. The molecule has 4 rings (SSSR count). The molecule has 0 unspecified atom stereocenters. The Morgan fingerprint density at radius 1 is 1.05 bits per heavy atom. The van der Waals surface area contributed by atoms with Crippen molar-refractivity contribution in [2.45, 2.75) is 18.9 Å². The number of rotatable bonds is 2. The Morgan fingerprint density at radius 3 is 2.64 bits per heavy atom. The van der Waals surface area contributed by atoms with E-state index in [1.807, 2.05) is 36.7 Å². The number of piperidine rings is 1. The van der Waals surface area contributed by atoms with Crippen molar-refractivity contribution in [2.24, 2.45) is 0 Å². The van der Waals surface area contributed by atoms with Crippen molar-refractivity contribution >= 4 is 11.0 Å². The van der Waals surface area contributed by atoms with Gasteiger partial charge in [0.05, 0.1) is 35.2 Å². The standard InChI is InChI=1S/C17H19N5/c1-21-8-6-14(7-9-21)22-12-13(10-19-22)17-11-18-15-4-2-3-5-16(15)20-17/h2-5,10-12,14H,6-9H2,1H3. The first-order chi connectivity index (χ1) is 10.8.